The molecule has 5 heteroatoms. The highest BCUT2D eigenvalue weighted by molar-refractivity contribution is 5.87. The fourth-order valence-electron chi connectivity index (χ4n) is 2.21. The Hall–Kier alpha value is -2.17. The van der Waals surface area contributed by atoms with Gasteiger partial charge in [-0.25, -0.2) is 4.79 Å². The van der Waals surface area contributed by atoms with Crippen molar-refractivity contribution in [1.29, 1.82) is 0 Å². The van der Waals surface area contributed by atoms with Crippen molar-refractivity contribution in [2.75, 3.05) is 0 Å². The molecule has 0 unspecified atom stereocenters. The molecule has 0 spiro atoms. The molecule has 112 valence electrons. The van der Waals surface area contributed by atoms with Crippen LogP contribution in [0.15, 0.2) is 36.7 Å². The van der Waals surface area contributed by atoms with Crippen LogP contribution >= 0.6 is 0 Å². The minimum Gasteiger partial charge on any atom is -0.451 e. The summed E-state index contributed by atoms with van der Waals surface area (Å²) in [6.07, 6.45) is 5.09. The lowest BCUT2D eigenvalue weighted by molar-refractivity contribution is 0.0321. The highest BCUT2D eigenvalue weighted by Crippen LogP contribution is 2.18. The Morgan fingerprint density at radius 1 is 1.29 bits per heavy atom. The van der Waals surface area contributed by atoms with E-state index in [0.29, 0.717) is 11.7 Å². The summed E-state index contributed by atoms with van der Waals surface area (Å²) < 4.78 is 7.24. The van der Waals surface area contributed by atoms with E-state index in [2.05, 4.69) is 23.9 Å². The molecule has 2 aromatic heterocycles. The van der Waals surface area contributed by atoms with Crippen molar-refractivity contribution in [2.24, 2.45) is 0 Å². The smallest absolute Gasteiger partial charge is 0.359 e. The van der Waals surface area contributed by atoms with E-state index in [0.717, 1.165) is 18.5 Å². The number of hydrogen-bond donors (Lipinski definition) is 0. The van der Waals surface area contributed by atoms with Gasteiger partial charge in [0.15, 0.2) is 5.69 Å². The van der Waals surface area contributed by atoms with Gasteiger partial charge in [-0.3, -0.25) is 9.67 Å². The first-order chi connectivity index (χ1) is 10.2. The summed E-state index contributed by atoms with van der Waals surface area (Å²) in [6.45, 7) is 6.02. The Morgan fingerprint density at radius 3 is 2.67 bits per heavy atom. The standard InChI is InChI=1S/C16H21N3O2/c1-4-13(5-2)19-11-9-15(18-19)16(20)21-12(3)14-8-6-7-10-17-14/h6-13H,4-5H2,1-3H3/t12-/m1/s1. The molecule has 0 N–H and O–H groups in total. The highest BCUT2D eigenvalue weighted by Gasteiger charge is 2.18. The highest BCUT2D eigenvalue weighted by atomic mass is 16.5. The number of carbonyl (C=O) groups excluding carboxylic acids is 1. The van der Waals surface area contributed by atoms with Crippen molar-refractivity contribution in [1.82, 2.24) is 14.8 Å². The third-order valence-electron chi connectivity index (χ3n) is 3.52. The van der Waals surface area contributed by atoms with Crippen molar-refractivity contribution in [3.05, 3.63) is 48.0 Å². The van der Waals surface area contributed by atoms with Gasteiger partial charge in [-0.05, 0) is 38.0 Å². The molecule has 0 bridgehead atoms. The second-order valence-electron chi connectivity index (χ2n) is 4.95. The van der Waals surface area contributed by atoms with E-state index in [1.807, 2.05) is 29.1 Å². The van der Waals surface area contributed by atoms with Crippen LogP contribution in [0.3, 0.4) is 0 Å². The minimum atomic E-state index is -0.419. The van der Waals surface area contributed by atoms with Crippen LogP contribution in [0.2, 0.25) is 0 Å². The first-order valence-corrected chi connectivity index (χ1v) is 7.32. The Labute approximate surface area is 125 Å². The van der Waals surface area contributed by atoms with E-state index in [4.69, 9.17) is 4.74 Å². The number of esters is 1. The molecule has 0 saturated carbocycles. The van der Waals surface area contributed by atoms with Gasteiger partial charge in [0.2, 0.25) is 0 Å². The molecular weight excluding hydrogens is 266 g/mol. The molecule has 2 aromatic rings. The summed E-state index contributed by atoms with van der Waals surface area (Å²) >= 11 is 0. The number of nitrogens with zero attached hydrogens (tertiary/aromatic N) is 3. The van der Waals surface area contributed by atoms with E-state index in [1.165, 1.54) is 0 Å². The molecule has 1 atom stereocenters. The van der Waals surface area contributed by atoms with Gasteiger partial charge in [-0.15, -0.1) is 0 Å². The van der Waals surface area contributed by atoms with Crippen molar-refractivity contribution in [2.45, 2.75) is 45.8 Å². The Kier molecular flexibility index (Phi) is 5.09. The van der Waals surface area contributed by atoms with Crippen LogP contribution in [0.1, 0.15) is 61.9 Å². The molecule has 0 saturated heterocycles. The monoisotopic (exact) mass is 287 g/mol. The van der Waals surface area contributed by atoms with Crippen molar-refractivity contribution >= 4 is 5.97 Å². The van der Waals surface area contributed by atoms with Gasteiger partial charge in [0.1, 0.15) is 6.10 Å². The average Bonchev–Trinajstić information content (AvgIpc) is 2.99. The zero-order chi connectivity index (χ0) is 15.2. The second kappa shape index (κ2) is 7.02. The van der Waals surface area contributed by atoms with E-state index >= 15 is 0 Å². The van der Waals surface area contributed by atoms with Crippen LogP contribution in [0.4, 0.5) is 0 Å². The molecule has 0 aliphatic heterocycles. The maximum absolute atomic E-state index is 12.1. The molecule has 2 heterocycles. The van der Waals surface area contributed by atoms with Gasteiger partial charge in [0.25, 0.3) is 0 Å². The minimum absolute atomic E-state index is 0.319. The van der Waals surface area contributed by atoms with E-state index in [-0.39, 0.29) is 0 Å². The van der Waals surface area contributed by atoms with Gasteiger partial charge in [-0.1, -0.05) is 19.9 Å². The molecule has 0 fully saturated rings. The first-order valence-electron chi connectivity index (χ1n) is 7.32. The topological polar surface area (TPSA) is 57.0 Å². The Balaban J connectivity index is 2.04. The van der Waals surface area contributed by atoms with Crippen LogP contribution < -0.4 is 0 Å². The number of carbonyl (C=O) groups is 1. The predicted molar refractivity (Wildman–Crippen MR) is 79.9 cm³/mol. The van der Waals surface area contributed by atoms with E-state index < -0.39 is 12.1 Å². The molecule has 0 radical (unpaired) electrons. The normalized spacial score (nSPS) is 12.4. The molecule has 0 aliphatic rings. The van der Waals surface area contributed by atoms with Crippen LogP contribution in [0.25, 0.3) is 0 Å². The van der Waals surface area contributed by atoms with Crippen molar-refractivity contribution < 1.29 is 9.53 Å². The molecule has 0 aliphatic carbocycles. The third-order valence-corrected chi connectivity index (χ3v) is 3.52. The lowest BCUT2D eigenvalue weighted by Crippen LogP contribution is -2.13. The molecule has 0 amide bonds. The number of aromatic nitrogens is 3. The van der Waals surface area contributed by atoms with E-state index in [1.54, 1.807) is 19.2 Å². The third kappa shape index (κ3) is 3.68. The summed E-state index contributed by atoms with van der Waals surface area (Å²) in [5, 5.41) is 4.32. The maximum atomic E-state index is 12.1. The lowest BCUT2D eigenvalue weighted by Gasteiger charge is -2.13. The summed E-state index contributed by atoms with van der Waals surface area (Å²) in [6, 6.07) is 7.55. The fourth-order valence-corrected chi connectivity index (χ4v) is 2.21. The molecule has 0 aromatic carbocycles. The number of ether oxygens (including phenoxy) is 1. The number of pyridine rings is 1. The van der Waals surface area contributed by atoms with Gasteiger partial charge in [0, 0.05) is 12.4 Å². The van der Waals surface area contributed by atoms with Crippen molar-refractivity contribution in [3.8, 4) is 0 Å². The van der Waals surface area contributed by atoms with Gasteiger partial charge in [0.05, 0.1) is 11.7 Å². The lowest BCUT2D eigenvalue weighted by atomic mass is 10.2. The van der Waals surface area contributed by atoms with Gasteiger partial charge in [-0.2, -0.15) is 5.10 Å². The van der Waals surface area contributed by atoms with E-state index in [9.17, 15) is 4.79 Å². The quantitative estimate of drug-likeness (QED) is 0.762. The fraction of sp³-hybridized carbons (Fsp3) is 0.438. The largest absolute Gasteiger partial charge is 0.451 e. The number of hydrogen-bond acceptors (Lipinski definition) is 4. The molecule has 5 nitrogen and oxygen atoms in total. The summed E-state index contributed by atoms with van der Waals surface area (Å²) in [7, 11) is 0. The van der Waals surface area contributed by atoms with Crippen LogP contribution in [-0.2, 0) is 4.74 Å². The summed E-state index contributed by atoms with van der Waals surface area (Å²) in [5.41, 5.74) is 1.06. The zero-order valence-corrected chi connectivity index (χ0v) is 12.7. The molecular formula is C16H21N3O2. The maximum Gasteiger partial charge on any atom is 0.359 e. The zero-order valence-electron chi connectivity index (χ0n) is 12.7. The SMILES string of the molecule is CCC(CC)n1ccc(C(=O)O[C@H](C)c2ccccn2)n1. The van der Waals surface area contributed by atoms with Crippen LogP contribution in [0, 0.1) is 0 Å². The Morgan fingerprint density at radius 2 is 2.05 bits per heavy atom. The van der Waals surface area contributed by atoms with Crippen LogP contribution in [0.5, 0.6) is 0 Å². The Bertz CT molecular complexity index is 576. The second-order valence-corrected chi connectivity index (χ2v) is 4.95. The van der Waals surface area contributed by atoms with Crippen molar-refractivity contribution in [3.63, 3.8) is 0 Å². The number of rotatable bonds is 6. The van der Waals surface area contributed by atoms with Gasteiger partial charge >= 0.3 is 5.97 Å². The summed E-state index contributed by atoms with van der Waals surface area (Å²) in [4.78, 5) is 16.3. The van der Waals surface area contributed by atoms with Gasteiger partial charge < -0.3 is 4.74 Å². The molecule has 21 heavy (non-hydrogen) atoms. The first kappa shape index (κ1) is 15.2. The molecule has 2 rings (SSSR count). The van der Waals surface area contributed by atoms with Crippen LogP contribution in [-0.4, -0.2) is 20.7 Å². The summed E-state index contributed by atoms with van der Waals surface area (Å²) in [5.74, 6) is -0.419. The average molecular weight is 287 g/mol. The predicted octanol–water partition coefficient (Wildman–Crippen LogP) is 3.56.